The largest absolute Gasteiger partial charge is 0.362 e. The summed E-state index contributed by atoms with van der Waals surface area (Å²) >= 11 is 1.57. The molecular weight excluding hydrogens is 321 g/mol. The number of ketones is 1. The van der Waals surface area contributed by atoms with Crippen LogP contribution in [0.3, 0.4) is 0 Å². The molecule has 0 amide bonds. The normalized spacial score (nSPS) is 11.1. The quantitative estimate of drug-likeness (QED) is 0.315. The zero-order valence-electron chi connectivity index (χ0n) is 14.1. The van der Waals surface area contributed by atoms with Crippen molar-refractivity contribution in [2.75, 3.05) is 5.32 Å². The number of nitrogens with one attached hydrogen (secondary N) is 1. The van der Waals surface area contributed by atoms with Gasteiger partial charge in [0, 0.05) is 22.8 Å². The lowest BCUT2D eigenvalue weighted by Crippen LogP contribution is -1.93. The third kappa shape index (κ3) is 6.28. The Bertz CT molecular complexity index is 661. The standard InChI is InChI=1S/C20H24FNOS/c1-2-3-4-5-6-7-18-12-13-20(24-18)19(23)14-15-22-17-10-8-16(21)9-11-17/h8-15,22H,2-7H2,1H3/b15-14-. The van der Waals surface area contributed by atoms with Gasteiger partial charge in [0.1, 0.15) is 5.82 Å². The highest BCUT2D eigenvalue weighted by atomic mass is 32.1. The molecule has 4 heteroatoms. The Morgan fingerprint density at radius 2 is 1.83 bits per heavy atom. The fourth-order valence-electron chi connectivity index (χ4n) is 2.39. The van der Waals surface area contributed by atoms with Crippen LogP contribution in [-0.4, -0.2) is 5.78 Å². The number of benzene rings is 1. The minimum absolute atomic E-state index is 0.00755. The molecule has 0 aliphatic rings. The highest BCUT2D eigenvalue weighted by Gasteiger charge is 2.06. The molecule has 1 aromatic carbocycles. The molecule has 0 spiro atoms. The summed E-state index contributed by atoms with van der Waals surface area (Å²) in [6.07, 6.45) is 10.5. The van der Waals surface area contributed by atoms with Crippen molar-refractivity contribution in [3.8, 4) is 0 Å². The van der Waals surface area contributed by atoms with E-state index in [1.54, 1.807) is 29.7 Å². The molecule has 0 aliphatic carbocycles. The van der Waals surface area contributed by atoms with Crippen LogP contribution in [0, 0.1) is 5.82 Å². The lowest BCUT2D eigenvalue weighted by atomic mass is 10.1. The second-order valence-corrected chi connectivity index (χ2v) is 6.95. The molecule has 0 bridgehead atoms. The van der Waals surface area contributed by atoms with Crippen LogP contribution in [0.2, 0.25) is 0 Å². The highest BCUT2D eigenvalue weighted by Crippen LogP contribution is 2.20. The lowest BCUT2D eigenvalue weighted by molar-refractivity contribution is 0.105. The summed E-state index contributed by atoms with van der Waals surface area (Å²) in [5.74, 6) is -0.284. The fourth-order valence-corrected chi connectivity index (χ4v) is 3.36. The van der Waals surface area contributed by atoms with E-state index in [0.717, 1.165) is 17.0 Å². The second kappa shape index (κ2) is 10.0. The van der Waals surface area contributed by atoms with Crippen LogP contribution < -0.4 is 5.32 Å². The zero-order valence-corrected chi connectivity index (χ0v) is 14.9. The Morgan fingerprint density at radius 1 is 1.08 bits per heavy atom. The van der Waals surface area contributed by atoms with Crippen LogP contribution in [0.1, 0.15) is 53.6 Å². The molecule has 0 unspecified atom stereocenters. The number of thiophene rings is 1. The molecule has 0 aliphatic heterocycles. The van der Waals surface area contributed by atoms with Crippen molar-refractivity contribution in [3.05, 3.63) is 64.2 Å². The van der Waals surface area contributed by atoms with Gasteiger partial charge in [0.2, 0.25) is 0 Å². The first kappa shape index (κ1) is 18.4. The second-order valence-electron chi connectivity index (χ2n) is 5.78. The molecular formula is C20H24FNOS. The van der Waals surface area contributed by atoms with Crippen LogP contribution in [0.15, 0.2) is 48.7 Å². The van der Waals surface area contributed by atoms with Gasteiger partial charge in [-0.1, -0.05) is 32.6 Å². The number of halogens is 1. The van der Waals surface area contributed by atoms with E-state index in [1.807, 2.05) is 6.07 Å². The van der Waals surface area contributed by atoms with Crippen molar-refractivity contribution in [2.24, 2.45) is 0 Å². The predicted molar refractivity (Wildman–Crippen MR) is 100 cm³/mol. The van der Waals surface area contributed by atoms with Crippen molar-refractivity contribution < 1.29 is 9.18 Å². The molecule has 1 N–H and O–H groups in total. The number of unbranched alkanes of at least 4 members (excludes halogenated alkanes) is 4. The van der Waals surface area contributed by atoms with Crippen molar-refractivity contribution in [2.45, 2.75) is 45.4 Å². The Morgan fingerprint density at radius 3 is 2.58 bits per heavy atom. The summed E-state index contributed by atoms with van der Waals surface area (Å²) in [4.78, 5) is 14.2. The Balaban J connectivity index is 1.77. The van der Waals surface area contributed by atoms with Crippen LogP contribution >= 0.6 is 11.3 Å². The van der Waals surface area contributed by atoms with Gasteiger partial charge >= 0.3 is 0 Å². The Kier molecular flexibility index (Phi) is 7.69. The number of anilines is 1. The van der Waals surface area contributed by atoms with E-state index in [-0.39, 0.29) is 11.6 Å². The number of allylic oxidation sites excluding steroid dienone is 1. The van der Waals surface area contributed by atoms with E-state index in [1.165, 1.54) is 55.2 Å². The van der Waals surface area contributed by atoms with Gasteiger partial charge in [0.05, 0.1) is 4.88 Å². The number of carbonyl (C=O) groups is 1. The molecule has 128 valence electrons. The number of hydrogen-bond acceptors (Lipinski definition) is 3. The summed E-state index contributed by atoms with van der Waals surface area (Å²) in [7, 11) is 0. The van der Waals surface area contributed by atoms with Crippen molar-refractivity contribution in [1.82, 2.24) is 0 Å². The monoisotopic (exact) mass is 345 g/mol. The maximum absolute atomic E-state index is 12.8. The summed E-state index contributed by atoms with van der Waals surface area (Å²) in [6.45, 7) is 2.22. The van der Waals surface area contributed by atoms with Gasteiger partial charge < -0.3 is 5.32 Å². The number of aryl methyl sites for hydroxylation is 1. The van der Waals surface area contributed by atoms with Crippen LogP contribution in [0.5, 0.6) is 0 Å². The van der Waals surface area contributed by atoms with E-state index in [2.05, 4.69) is 18.3 Å². The molecule has 2 aromatic rings. The molecule has 2 nitrogen and oxygen atoms in total. The first-order chi connectivity index (χ1) is 11.7. The van der Waals surface area contributed by atoms with Gasteiger partial charge in [-0.2, -0.15) is 0 Å². The van der Waals surface area contributed by atoms with Crippen LogP contribution in [0.4, 0.5) is 10.1 Å². The van der Waals surface area contributed by atoms with Gasteiger partial charge in [0.25, 0.3) is 0 Å². The third-order valence-corrected chi connectivity index (χ3v) is 4.92. The SMILES string of the molecule is CCCCCCCc1ccc(C(=O)/C=C\Nc2ccc(F)cc2)s1. The molecule has 0 fully saturated rings. The first-order valence-electron chi connectivity index (χ1n) is 8.50. The van der Waals surface area contributed by atoms with Crippen molar-refractivity contribution in [1.29, 1.82) is 0 Å². The molecule has 0 saturated carbocycles. The summed E-state index contributed by atoms with van der Waals surface area (Å²) in [6, 6.07) is 9.97. The van der Waals surface area contributed by atoms with Crippen molar-refractivity contribution >= 4 is 22.8 Å². The predicted octanol–water partition coefficient (Wildman–Crippen LogP) is 6.21. The van der Waals surface area contributed by atoms with Crippen LogP contribution in [-0.2, 0) is 6.42 Å². The summed E-state index contributed by atoms with van der Waals surface area (Å²) in [5.41, 5.74) is 0.749. The lowest BCUT2D eigenvalue weighted by Gasteiger charge is -1.99. The number of rotatable bonds is 10. The zero-order chi connectivity index (χ0) is 17.2. The fraction of sp³-hybridized carbons (Fsp3) is 0.350. The van der Waals surface area contributed by atoms with Gasteiger partial charge in [-0.15, -0.1) is 11.3 Å². The first-order valence-corrected chi connectivity index (χ1v) is 9.32. The maximum atomic E-state index is 12.8. The number of hydrogen-bond donors (Lipinski definition) is 1. The average Bonchev–Trinajstić information content (AvgIpc) is 3.05. The van der Waals surface area contributed by atoms with Gasteiger partial charge in [-0.3, -0.25) is 4.79 Å². The smallest absolute Gasteiger partial charge is 0.197 e. The molecule has 24 heavy (non-hydrogen) atoms. The Labute approximate surface area is 147 Å². The minimum atomic E-state index is -0.276. The van der Waals surface area contributed by atoms with Gasteiger partial charge in [-0.05, 0) is 49.2 Å². The van der Waals surface area contributed by atoms with Gasteiger partial charge in [-0.25, -0.2) is 4.39 Å². The minimum Gasteiger partial charge on any atom is -0.362 e. The molecule has 1 aromatic heterocycles. The molecule has 0 radical (unpaired) electrons. The topological polar surface area (TPSA) is 29.1 Å². The van der Waals surface area contributed by atoms with Crippen molar-refractivity contribution in [3.63, 3.8) is 0 Å². The average molecular weight is 345 g/mol. The van der Waals surface area contributed by atoms with Gasteiger partial charge in [0.15, 0.2) is 5.78 Å². The molecule has 0 atom stereocenters. The van der Waals surface area contributed by atoms with E-state index in [9.17, 15) is 9.18 Å². The maximum Gasteiger partial charge on any atom is 0.197 e. The number of carbonyl (C=O) groups excluding carboxylic acids is 1. The highest BCUT2D eigenvalue weighted by molar-refractivity contribution is 7.14. The van der Waals surface area contributed by atoms with E-state index in [0.29, 0.717) is 0 Å². The van der Waals surface area contributed by atoms with E-state index < -0.39 is 0 Å². The van der Waals surface area contributed by atoms with Crippen LogP contribution in [0.25, 0.3) is 0 Å². The molecule has 2 rings (SSSR count). The summed E-state index contributed by atoms with van der Waals surface area (Å²) < 4.78 is 12.8. The molecule has 1 heterocycles. The summed E-state index contributed by atoms with van der Waals surface area (Å²) in [5, 5.41) is 2.97. The Hall–Kier alpha value is -1.94. The third-order valence-electron chi connectivity index (χ3n) is 3.76. The van der Waals surface area contributed by atoms with E-state index >= 15 is 0 Å². The molecule has 0 saturated heterocycles. The van der Waals surface area contributed by atoms with E-state index in [4.69, 9.17) is 0 Å².